The number of carbonyl (C=O) groups excluding carboxylic acids is 1. The number of aromatic nitrogens is 2. The second-order valence-corrected chi connectivity index (χ2v) is 9.70. The molecule has 4 rings (SSSR count). The molecule has 32 heavy (non-hydrogen) atoms. The molecule has 2 aromatic carbocycles. The molecule has 2 heterocycles. The fraction of sp³-hybridized carbons (Fsp3) is 0.192. The number of benzene rings is 2. The van der Waals surface area contributed by atoms with Gasteiger partial charge in [0, 0.05) is 23.9 Å². The number of rotatable bonds is 6. The number of carbonyl (C=O) groups is 1. The Morgan fingerprint density at radius 3 is 2.62 bits per heavy atom. The van der Waals surface area contributed by atoms with Gasteiger partial charge < -0.3 is 0 Å². The largest absolute Gasteiger partial charge is 0.289 e. The van der Waals surface area contributed by atoms with Crippen LogP contribution >= 0.6 is 24.0 Å². The van der Waals surface area contributed by atoms with Crippen molar-refractivity contribution in [2.45, 2.75) is 26.7 Å². The zero-order chi connectivity index (χ0) is 22.8. The van der Waals surface area contributed by atoms with Gasteiger partial charge in [0.05, 0.1) is 10.6 Å². The first-order valence-corrected chi connectivity index (χ1v) is 11.7. The van der Waals surface area contributed by atoms with E-state index in [0.29, 0.717) is 21.7 Å². The summed E-state index contributed by atoms with van der Waals surface area (Å²) in [4.78, 5) is 15.1. The summed E-state index contributed by atoms with van der Waals surface area (Å²) in [6, 6.07) is 16.5. The Hall–Kier alpha value is -2.96. The van der Waals surface area contributed by atoms with E-state index in [0.717, 1.165) is 28.1 Å². The van der Waals surface area contributed by atoms with Crippen LogP contribution in [0.15, 0.2) is 72.3 Å². The van der Waals surface area contributed by atoms with E-state index in [9.17, 15) is 4.79 Å². The molecule has 1 aromatic heterocycles. The monoisotopic (exact) mass is 459 g/mol. The maximum absolute atomic E-state index is 12.9. The van der Waals surface area contributed by atoms with E-state index in [1.165, 1.54) is 17.3 Å². The molecule has 4 nitrogen and oxygen atoms in total. The number of aryl methyl sites for hydroxylation is 1. The second-order valence-electron chi connectivity index (χ2n) is 8.02. The third-order valence-corrected chi connectivity index (χ3v) is 6.80. The zero-order valence-electron chi connectivity index (χ0n) is 18.4. The molecule has 6 heteroatoms. The maximum Gasteiger partial charge on any atom is 0.266 e. The van der Waals surface area contributed by atoms with Crippen LogP contribution in [-0.4, -0.2) is 31.5 Å². The van der Waals surface area contributed by atoms with Gasteiger partial charge in [0.25, 0.3) is 5.91 Å². The van der Waals surface area contributed by atoms with Gasteiger partial charge in [-0.2, -0.15) is 5.10 Å². The Balaban J connectivity index is 1.87. The number of amides is 1. The third kappa shape index (κ3) is 4.33. The van der Waals surface area contributed by atoms with Crippen molar-refractivity contribution in [1.82, 2.24) is 14.7 Å². The van der Waals surface area contributed by atoms with Crippen molar-refractivity contribution >= 4 is 40.3 Å². The lowest BCUT2D eigenvalue weighted by Gasteiger charge is -2.11. The molecule has 0 spiro atoms. The second kappa shape index (κ2) is 9.27. The summed E-state index contributed by atoms with van der Waals surface area (Å²) in [5, 5.41) is 4.94. The van der Waals surface area contributed by atoms with Crippen molar-refractivity contribution in [3.63, 3.8) is 0 Å². The van der Waals surface area contributed by atoms with Crippen LogP contribution in [0.1, 0.15) is 36.5 Å². The topological polar surface area (TPSA) is 38.1 Å². The van der Waals surface area contributed by atoms with Gasteiger partial charge in [-0.25, -0.2) is 4.68 Å². The fourth-order valence-corrected chi connectivity index (χ4v) is 4.86. The predicted molar refractivity (Wildman–Crippen MR) is 138 cm³/mol. The highest BCUT2D eigenvalue weighted by Crippen LogP contribution is 2.36. The van der Waals surface area contributed by atoms with Crippen LogP contribution in [-0.2, 0) is 4.79 Å². The van der Waals surface area contributed by atoms with E-state index in [1.54, 1.807) is 11.0 Å². The van der Waals surface area contributed by atoms with Crippen LogP contribution in [0.4, 0.5) is 0 Å². The van der Waals surface area contributed by atoms with Gasteiger partial charge in [-0.05, 0) is 48.2 Å². The van der Waals surface area contributed by atoms with E-state index in [2.05, 4.69) is 45.5 Å². The molecular formula is C26H25N3OS2. The summed E-state index contributed by atoms with van der Waals surface area (Å²) in [6.07, 6.45) is 5.57. The Morgan fingerprint density at radius 1 is 1.19 bits per heavy atom. The summed E-state index contributed by atoms with van der Waals surface area (Å²) >= 11 is 6.73. The van der Waals surface area contributed by atoms with Gasteiger partial charge in [-0.3, -0.25) is 9.69 Å². The van der Waals surface area contributed by atoms with Gasteiger partial charge in [0.2, 0.25) is 0 Å². The van der Waals surface area contributed by atoms with Crippen LogP contribution in [0.3, 0.4) is 0 Å². The molecule has 0 radical (unpaired) electrons. The van der Waals surface area contributed by atoms with Crippen molar-refractivity contribution in [3.05, 3.63) is 89.0 Å². The summed E-state index contributed by atoms with van der Waals surface area (Å²) < 4.78 is 2.42. The highest BCUT2D eigenvalue weighted by Gasteiger charge is 2.31. The minimum absolute atomic E-state index is 0.0917. The minimum atomic E-state index is -0.0917. The van der Waals surface area contributed by atoms with Crippen molar-refractivity contribution in [3.8, 4) is 16.9 Å². The van der Waals surface area contributed by atoms with Crippen LogP contribution in [0.2, 0.25) is 0 Å². The lowest BCUT2D eigenvalue weighted by Crippen LogP contribution is -2.27. The third-order valence-electron chi connectivity index (χ3n) is 5.42. The van der Waals surface area contributed by atoms with Crippen LogP contribution in [0.5, 0.6) is 0 Å². The molecule has 1 fully saturated rings. The first kappa shape index (κ1) is 22.2. The number of para-hydroxylation sites is 1. The Morgan fingerprint density at radius 2 is 1.94 bits per heavy atom. The lowest BCUT2D eigenvalue weighted by molar-refractivity contribution is -0.121. The fourth-order valence-electron chi connectivity index (χ4n) is 3.60. The number of thiocarbonyl (C=S) groups is 1. The summed E-state index contributed by atoms with van der Waals surface area (Å²) in [6.45, 7) is 10.6. The average molecular weight is 460 g/mol. The van der Waals surface area contributed by atoms with Crippen LogP contribution < -0.4 is 0 Å². The summed E-state index contributed by atoms with van der Waals surface area (Å²) in [7, 11) is 0. The maximum atomic E-state index is 12.9. The predicted octanol–water partition coefficient (Wildman–Crippen LogP) is 6.36. The Labute approximate surface area is 198 Å². The van der Waals surface area contributed by atoms with Crippen LogP contribution in [0, 0.1) is 6.92 Å². The van der Waals surface area contributed by atoms with Crippen molar-refractivity contribution in [1.29, 1.82) is 0 Å². The molecule has 0 unspecified atom stereocenters. The Kier molecular flexibility index (Phi) is 6.44. The zero-order valence-corrected chi connectivity index (χ0v) is 20.0. The molecule has 162 valence electrons. The number of hydrogen-bond acceptors (Lipinski definition) is 4. The molecule has 1 aliphatic rings. The standard InChI is InChI=1S/C26H25N3OS2/c1-5-13-28-25(30)23(32-26(28)31)15-20-16-29(21-9-7-6-8-10-21)27-24(20)22-14-19(17(2)3)12-11-18(22)4/h5-12,14-17H,1,13H2,2-4H3/b23-15-. The molecule has 0 N–H and O–H groups in total. The van der Waals surface area contributed by atoms with E-state index in [-0.39, 0.29) is 5.91 Å². The molecule has 0 bridgehead atoms. The summed E-state index contributed by atoms with van der Waals surface area (Å²) in [5.74, 6) is 0.315. The number of thioether (sulfide) groups is 1. The lowest BCUT2D eigenvalue weighted by atomic mass is 9.95. The molecule has 1 saturated heterocycles. The minimum Gasteiger partial charge on any atom is -0.289 e. The molecule has 1 aliphatic heterocycles. The molecule has 0 saturated carbocycles. The first-order chi connectivity index (χ1) is 15.4. The average Bonchev–Trinajstić information content (AvgIpc) is 3.31. The number of hydrogen-bond donors (Lipinski definition) is 0. The molecule has 0 aliphatic carbocycles. The van der Waals surface area contributed by atoms with Crippen molar-refractivity contribution < 1.29 is 4.79 Å². The van der Waals surface area contributed by atoms with Gasteiger partial charge >= 0.3 is 0 Å². The van der Waals surface area contributed by atoms with Gasteiger partial charge in [-0.1, -0.05) is 74.2 Å². The van der Waals surface area contributed by atoms with E-state index >= 15 is 0 Å². The normalized spacial score (nSPS) is 15.2. The Bertz CT molecular complexity index is 1230. The molecular weight excluding hydrogens is 434 g/mol. The van der Waals surface area contributed by atoms with Crippen molar-refractivity contribution in [2.75, 3.05) is 6.54 Å². The number of nitrogens with zero attached hydrogens (tertiary/aromatic N) is 3. The summed E-state index contributed by atoms with van der Waals surface area (Å²) in [5.41, 5.74) is 6.16. The van der Waals surface area contributed by atoms with Crippen LogP contribution in [0.25, 0.3) is 23.0 Å². The quantitative estimate of drug-likeness (QED) is 0.244. The molecule has 3 aromatic rings. The van der Waals surface area contributed by atoms with Gasteiger partial charge in [0.15, 0.2) is 0 Å². The molecule has 0 atom stereocenters. The van der Waals surface area contributed by atoms with Gasteiger partial charge in [-0.15, -0.1) is 6.58 Å². The van der Waals surface area contributed by atoms with Gasteiger partial charge in [0.1, 0.15) is 10.0 Å². The van der Waals surface area contributed by atoms with E-state index < -0.39 is 0 Å². The SMILES string of the molecule is C=CCN1C(=O)/C(=C/c2cn(-c3ccccc3)nc2-c2cc(C(C)C)ccc2C)SC1=S. The van der Waals surface area contributed by atoms with Crippen molar-refractivity contribution in [2.24, 2.45) is 0 Å². The molecule has 1 amide bonds. The van der Waals surface area contributed by atoms with E-state index in [4.69, 9.17) is 17.3 Å². The smallest absolute Gasteiger partial charge is 0.266 e. The first-order valence-electron chi connectivity index (χ1n) is 10.5. The highest BCUT2D eigenvalue weighted by molar-refractivity contribution is 8.26. The van der Waals surface area contributed by atoms with E-state index in [1.807, 2.05) is 47.3 Å². The highest BCUT2D eigenvalue weighted by atomic mass is 32.2.